The molecule has 4 N–H and O–H groups in total. The summed E-state index contributed by atoms with van der Waals surface area (Å²) in [5.41, 5.74) is 1.63. The Balaban J connectivity index is 1.17. The SMILES string of the molecule is OC[C@H]1O[C@@H](Oc2cc3c(cc2[C@H]2OC[C@H]4[C@@H]2CO[C@@H]4c2ccc4c(c2)OCO4)OCO3)[C@H](O)[C@@H](O)[C@@H]1O. The number of ether oxygens (including phenoxy) is 8. The van der Waals surface area contributed by atoms with Crippen LogP contribution in [0.2, 0.25) is 0 Å². The van der Waals surface area contributed by atoms with Crippen LogP contribution < -0.4 is 23.7 Å². The van der Waals surface area contributed by atoms with Crippen LogP contribution in [0.4, 0.5) is 0 Å². The number of aliphatic hydroxyl groups excluding tert-OH is 4. The monoisotopic (exact) mass is 532 g/mol. The van der Waals surface area contributed by atoms with E-state index in [1.165, 1.54) is 0 Å². The summed E-state index contributed by atoms with van der Waals surface area (Å²) in [6.45, 7) is 0.575. The molecule has 5 heterocycles. The van der Waals surface area contributed by atoms with Crippen molar-refractivity contribution < 1.29 is 58.3 Å². The second kappa shape index (κ2) is 9.42. The van der Waals surface area contributed by atoms with E-state index in [0.717, 1.165) is 5.56 Å². The third-order valence-electron chi connectivity index (χ3n) is 7.89. The summed E-state index contributed by atoms with van der Waals surface area (Å²) in [7, 11) is 0. The lowest BCUT2D eigenvalue weighted by atomic mass is 9.84. The van der Waals surface area contributed by atoms with Crippen molar-refractivity contribution in [1.82, 2.24) is 0 Å². The molecule has 0 bridgehead atoms. The lowest BCUT2D eigenvalue weighted by molar-refractivity contribution is -0.277. The first-order chi connectivity index (χ1) is 18.5. The summed E-state index contributed by atoms with van der Waals surface area (Å²) in [6.07, 6.45) is -7.70. The van der Waals surface area contributed by atoms with Gasteiger partial charge in [0, 0.05) is 23.5 Å². The van der Waals surface area contributed by atoms with Gasteiger partial charge in [-0.3, -0.25) is 0 Å². The van der Waals surface area contributed by atoms with Crippen molar-refractivity contribution in [2.45, 2.75) is 42.9 Å². The van der Waals surface area contributed by atoms with Crippen molar-refractivity contribution in [1.29, 1.82) is 0 Å². The van der Waals surface area contributed by atoms with Crippen LogP contribution in [0.5, 0.6) is 28.7 Å². The lowest BCUT2D eigenvalue weighted by Gasteiger charge is -2.40. The van der Waals surface area contributed by atoms with E-state index in [1.54, 1.807) is 12.1 Å². The molecule has 12 nitrogen and oxygen atoms in total. The van der Waals surface area contributed by atoms with Crippen LogP contribution in [0, 0.1) is 11.8 Å². The molecule has 0 saturated carbocycles. The van der Waals surface area contributed by atoms with Gasteiger partial charge in [0.15, 0.2) is 23.0 Å². The van der Waals surface area contributed by atoms with Gasteiger partial charge >= 0.3 is 0 Å². The van der Waals surface area contributed by atoms with E-state index >= 15 is 0 Å². The maximum atomic E-state index is 10.5. The number of hydrogen-bond acceptors (Lipinski definition) is 12. The summed E-state index contributed by atoms with van der Waals surface area (Å²) in [5, 5.41) is 40.5. The predicted molar refractivity (Wildman–Crippen MR) is 124 cm³/mol. The Kier molecular flexibility index (Phi) is 6.00. The molecule has 0 amide bonds. The highest BCUT2D eigenvalue weighted by Gasteiger charge is 2.50. The van der Waals surface area contributed by atoms with E-state index in [2.05, 4.69) is 0 Å². The molecule has 5 aliphatic heterocycles. The zero-order valence-corrected chi connectivity index (χ0v) is 20.2. The fraction of sp³-hybridized carbons (Fsp3) is 0.538. The van der Waals surface area contributed by atoms with Crippen LogP contribution in [-0.2, 0) is 14.2 Å². The molecule has 12 heteroatoms. The maximum absolute atomic E-state index is 10.5. The Morgan fingerprint density at radius 3 is 2.16 bits per heavy atom. The minimum absolute atomic E-state index is 0.0112. The molecule has 5 aliphatic rings. The summed E-state index contributed by atoms with van der Waals surface area (Å²) in [6, 6.07) is 9.20. The van der Waals surface area contributed by atoms with E-state index in [1.807, 2.05) is 18.2 Å². The molecule has 204 valence electrons. The first kappa shape index (κ1) is 24.2. The lowest BCUT2D eigenvalue weighted by Crippen LogP contribution is -2.60. The van der Waals surface area contributed by atoms with Gasteiger partial charge in [0.05, 0.1) is 32.0 Å². The number of aliphatic hydroxyl groups is 4. The molecule has 9 atom stereocenters. The van der Waals surface area contributed by atoms with Crippen molar-refractivity contribution in [3.8, 4) is 28.7 Å². The van der Waals surface area contributed by atoms with Crippen LogP contribution in [0.25, 0.3) is 0 Å². The van der Waals surface area contributed by atoms with Crippen molar-refractivity contribution in [2.24, 2.45) is 11.8 Å². The largest absolute Gasteiger partial charge is 0.461 e. The third-order valence-corrected chi connectivity index (χ3v) is 7.89. The molecule has 0 spiro atoms. The van der Waals surface area contributed by atoms with Crippen LogP contribution in [0.15, 0.2) is 30.3 Å². The van der Waals surface area contributed by atoms with Crippen molar-refractivity contribution in [3.63, 3.8) is 0 Å². The molecular weight excluding hydrogens is 504 g/mol. The molecule has 0 unspecified atom stereocenters. The normalized spacial score (nSPS) is 36.9. The predicted octanol–water partition coefficient (Wildman–Crippen LogP) is 0.398. The minimum atomic E-state index is -1.57. The maximum Gasteiger partial charge on any atom is 0.231 e. The first-order valence-electron chi connectivity index (χ1n) is 12.6. The van der Waals surface area contributed by atoms with Gasteiger partial charge in [-0.2, -0.15) is 0 Å². The third kappa shape index (κ3) is 3.87. The van der Waals surface area contributed by atoms with E-state index in [0.29, 0.717) is 47.5 Å². The summed E-state index contributed by atoms with van der Waals surface area (Å²) in [4.78, 5) is 0. The Labute approximate surface area is 217 Å². The Bertz CT molecular complexity index is 1200. The van der Waals surface area contributed by atoms with E-state index in [4.69, 9.17) is 37.9 Å². The number of hydrogen-bond donors (Lipinski definition) is 4. The van der Waals surface area contributed by atoms with Gasteiger partial charge in [-0.15, -0.1) is 0 Å². The van der Waals surface area contributed by atoms with Gasteiger partial charge in [0.2, 0.25) is 19.9 Å². The van der Waals surface area contributed by atoms with Gasteiger partial charge in [-0.1, -0.05) is 6.07 Å². The molecule has 0 radical (unpaired) electrons. The molecular formula is C26H28O12. The van der Waals surface area contributed by atoms with Crippen molar-refractivity contribution in [3.05, 3.63) is 41.5 Å². The van der Waals surface area contributed by atoms with E-state index < -0.39 is 43.4 Å². The smallest absolute Gasteiger partial charge is 0.231 e. The fourth-order valence-electron chi connectivity index (χ4n) is 5.86. The van der Waals surface area contributed by atoms with Gasteiger partial charge in [0.25, 0.3) is 0 Å². The van der Waals surface area contributed by atoms with E-state index in [9.17, 15) is 20.4 Å². The molecule has 2 aromatic carbocycles. The van der Waals surface area contributed by atoms with Gasteiger partial charge in [-0.05, 0) is 23.8 Å². The zero-order valence-electron chi connectivity index (χ0n) is 20.2. The van der Waals surface area contributed by atoms with Gasteiger partial charge in [0.1, 0.15) is 30.2 Å². The standard InChI is InChI=1S/C26H28O12/c27-6-20-21(28)22(29)23(30)26(38-20)37-16-5-19-18(35-10-36-19)4-12(16)25-14-8-31-24(13(14)7-32-25)11-1-2-15-17(3-11)34-9-33-15/h1-5,13-14,20-30H,6-10H2/t13-,14-,20+,21+,22-,23+,24+,25+,26+/m0/s1. The topological polar surface area (TPSA) is 155 Å². The quantitative estimate of drug-likeness (QED) is 0.421. The molecule has 0 aliphatic carbocycles. The highest BCUT2D eigenvalue weighted by atomic mass is 16.7. The fourth-order valence-corrected chi connectivity index (χ4v) is 5.86. The summed E-state index contributed by atoms with van der Waals surface area (Å²) < 4.78 is 46.3. The van der Waals surface area contributed by atoms with Gasteiger partial charge in [-0.25, -0.2) is 0 Å². The van der Waals surface area contributed by atoms with Gasteiger partial charge < -0.3 is 58.3 Å². The second-order valence-corrected chi connectivity index (χ2v) is 10.0. The summed E-state index contributed by atoms with van der Waals surface area (Å²) >= 11 is 0. The number of fused-ring (bicyclic) bond motifs is 3. The number of benzene rings is 2. The average molecular weight is 532 g/mol. The molecule has 0 aromatic heterocycles. The highest BCUT2D eigenvalue weighted by Crippen LogP contribution is 2.54. The number of rotatable bonds is 5. The van der Waals surface area contributed by atoms with Crippen LogP contribution in [-0.4, -0.2) is 84.5 Å². The van der Waals surface area contributed by atoms with E-state index in [-0.39, 0.29) is 31.5 Å². The molecule has 2 aromatic rings. The second-order valence-electron chi connectivity index (χ2n) is 10.0. The Morgan fingerprint density at radius 2 is 1.39 bits per heavy atom. The minimum Gasteiger partial charge on any atom is -0.461 e. The van der Waals surface area contributed by atoms with Crippen LogP contribution in [0.3, 0.4) is 0 Å². The van der Waals surface area contributed by atoms with Crippen molar-refractivity contribution in [2.75, 3.05) is 33.4 Å². The average Bonchev–Trinajstić information content (AvgIpc) is 3.72. The Morgan fingerprint density at radius 1 is 0.737 bits per heavy atom. The summed E-state index contributed by atoms with van der Waals surface area (Å²) in [5.74, 6) is 2.73. The van der Waals surface area contributed by atoms with Crippen LogP contribution >= 0.6 is 0 Å². The molecule has 7 rings (SSSR count). The zero-order chi connectivity index (χ0) is 26.0. The highest BCUT2D eigenvalue weighted by molar-refractivity contribution is 5.53. The van der Waals surface area contributed by atoms with Crippen LogP contribution in [0.1, 0.15) is 23.3 Å². The first-order valence-corrected chi connectivity index (χ1v) is 12.6. The van der Waals surface area contributed by atoms with Crippen molar-refractivity contribution >= 4 is 0 Å². The Hall–Kier alpha value is -2.84. The molecule has 3 saturated heterocycles. The molecule has 38 heavy (non-hydrogen) atoms. The molecule has 3 fully saturated rings.